The molecule has 0 bridgehead atoms. The number of fused-ring (bicyclic) bond motifs is 4. The fourth-order valence-electron chi connectivity index (χ4n) is 4.64. The lowest BCUT2D eigenvalue weighted by atomic mass is 9.86. The molecule has 3 aromatic rings. The number of piperazine rings is 1. The Kier molecular flexibility index (Phi) is 4.33. The number of likely N-dealkylation sites (N-methyl/N-ethyl adjacent to an activating group) is 1. The van der Waals surface area contributed by atoms with Crippen LogP contribution in [0.2, 0.25) is 10.0 Å². The quantitative estimate of drug-likeness (QED) is 0.666. The third-order valence-corrected chi connectivity index (χ3v) is 6.54. The highest BCUT2D eigenvalue weighted by molar-refractivity contribution is 6.35. The van der Waals surface area contributed by atoms with Crippen LogP contribution in [0, 0.1) is 0 Å². The first-order valence-electron chi connectivity index (χ1n) is 9.64. The van der Waals surface area contributed by atoms with Crippen LogP contribution in [0.25, 0.3) is 10.9 Å². The molecular weight excluding hydrogens is 409 g/mol. The molecule has 5 nitrogen and oxygen atoms in total. The molecule has 2 aliphatic rings. The molecule has 5 rings (SSSR count). The number of nitrogens with zero attached hydrogens (tertiary/aromatic N) is 2. The van der Waals surface area contributed by atoms with E-state index in [2.05, 4.69) is 4.98 Å². The normalized spacial score (nSPS) is 21.5. The van der Waals surface area contributed by atoms with E-state index in [4.69, 9.17) is 23.2 Å². The molecule has 7 heteroatoms. The molecule has 2 aliphatic heterocycles. The molecule has 0 radical (unpaired) electrons. The summed E-state index contributed by atoms with van der Waals surface area (Å²) in [5.41, 5.74) is 3.73. The SMILES string of the molecule is CCN1CC(=O)N2[C@@H](c3ccc(Cl)cc3Cl)c3[nH]c4ccccc4c3C[C@@H]2C1=O. The Balaban J connectivity index is 1.76. The van der Waals surface area contributed by atoms with Crippen molar-refractivity contribution in [2.45, 2.75) is 25.4 Å². The van der Waals surface area contributed by atoms with E-state index >= 15 is 0 Å². The summed E-state index contributed by atoms with van der Waals surface area (Å²) in [6.07, 6.45) is 0.488. The molecular formula is C22H19Cl2N3O2. The monoisotopic (exact) mass is 427 g/mol. The molecule has 29 heavy (non-hydrogen) atoms. The molecule has 1 fully saturated rings. The Labute approximate surface area is 178 Å². The first-order chi connectivity index (χ1) is 14.0. The van der Waals surface area contributed by atoms with Crippen LogP contribution in [-0.2, 0) is 16.0 Å². The number of aromatic amines is 1. The van der Waals surface area contributed by atoms with Crippen molar-refractivity contribution < 1.29 is 9.59 Å². The molecule has 2 atom stereocenters. The maximum atomic E-state index is 13.2. The number of hydrogen-bond acceptors (Lipinski definition) is 2. The van der Waals surface area contributed by atoms with Gasteiger partial charge in [-0.3, -0.25) is 9.59 Å². The molecule has 0 aliphatic carbocycles. The van der Waals surface area contributed by atoms with Gasteiger partial charge in [-0.25, -0.2) is 0 Å². The zero-order chi connectivity index (χ0) is 20.3. The molecule has 1 saturated heterocycles. The molecule has 1 aromatic heterocycles. The predicted molar refractivity (Wildman–Crippen MR) is 113 cm³/mol. The molecule has 0 spiro atoms. The summed E-state index contributed by atoms with van der Waals surface area (Å²) in [6, 6.07) is 12.3. The lowest BCUT2D eigenvalue weighted by Crippen LogP contribution is -2.62. The Morgan fingerprint density at radius 3 is 2.69 bits per heavy atom. The minimum absolute atomic E-state index is 0.0156. The first kappa shape index (κ1) is 18.5. The van der Waals surface area contributed by atoms with E-state index in [-0.39, 0.29) is 18.4 Å². The van der Waals surface area contributed by atoms with Gasteiger partial charge >= 0.3 is 0 Å². The van der Waals surface area contributed by atoms with Crippen LogP contribution >= 0.6 is 23.2 Å². The highest BCUT2D eigenvalue weighted by Crippen LogP contribution is 2.44. The summed E-state index contributed by atoms with van der Waals surface area (Å²) in [4.78, 5) is 33.2. The number of halogens is 2. The third-order valence-electron chi connectivity index (χ3n) is 5.98. The average Bonchev–Trinajstić information content (AvgIpc) is 3.08. The van der Waals surface area contributed by atoms with Crippen LogP contribution in [0.15, 0.2) is 42.5 Å². The third kappa shape index (κ3) is 2.75. The number of carbonyl (C=O) groups excluding carboxylic acids is 2. The second kappa shape index (κ2) is 6.78. The van der Waals surface area contributed by atoms with Crippen LogP contribution in [0.3, 0.4) is 0 Å². The number of amides is 2. The van der Waals surface area contributed by atoms with Crippen LogP contribution in [0.1, 0.15) is 29.8 Å². The van der Waals surface area contributed by atoms with Crippen LogP contribution in [-0.4, -0.2) is 45.7 Å². The minimum atomic E-state index is -0.542. The standard InChI is InChI=1S/C22H19Cl2N3O2/c1-2-26-11-19(28)27-18(22(26)29)10-15-13-5-3-4-6-17(13)25-20(15)21(27)14-8-7-12(23)9-16(14)24/h3-9,18,21,25H,2,10-11H2,1H3/t18-,21+/m1/s1. The maximum absolute atomic E-state index is 13.2. The van der Waals surface area contributed by atoms with Crippen molar-refractivity contribution in [1.82, 2.24) is 14.8 Å². The fourth-order valence-corrected chi connectivity index (χ4v) is 5.15. The second-order valence-electron chi connectivity index (χ2n) is 7.50. The van der Waals surface area contributed by atoms with E-state index in [0.717, 1.165) is 27.7 Å². The number of benzene rings is 2. The topological polar surface area (TPSA) is 56.4 Å². The van der Waals surface area contributed by atoms with Gasteiger partial charge in [-0.2, -0.15) is 0 Å². The van der Waals surface area contributed by atoms with Crippen molar-refractivity contribution >= 4 is 45.9 Å². The first-order valence-corrected chi connectivity index (χ1v) is 10.4. The van der Waals surface area contributed by atoms with Crippen molar-refractivity contribution in [1.29, 1.82) is 0 Å². The van der Waals surface area contributed by atoms with E-state index in [1.807, 2.05) is 37.3 Å². The van der Waals surface area contributed by atoms with E-state index < -0.39 is 12.1 Å². The Bertz CT molecular complexity index is 1160. The Morgan fingerprint density at radius 1 is 1.14 bits per heavy atom. The molecule has 0 saturated carbocycles. The van der Waals surface area contributed by atoms with Crippen molar-refractivity contribution in [2.75, 3.05) is 13.1 Å². The van der Waals surface area contributed by atoms with E-state index in [1.54, 1.807) is 21.9 Å². The fraction of sp³-hybridized carbons (Fsp3) is 0.273. The summed E-state index contributed by atoms with van der Waals surface area (Å²) in [5, 5.41) is 2.08. The zero-order valence-corrected chi connectivity index (χ0v) is 17.3. The van der Waals surface area contributed by atoms with Gasteiger partial charge in [-0.15, -0.1) is 0 Å². The summed E-state index contributed by atoms with van der Waals surface area (Å²) >= 11 is 12.7. The van der Waals surface area contributed by atoms with Gasteiger partial charge in [0.1, 0.15) is 6.04 Å². The summed E-state index contributed by atoms with van der Waals surface area (Å²) in [7, 11) is 0. The molecule has 0 unspecified atom stereocenters. The van der Waals surface area contributed by atoms with Gasteiger partial charge in [0.05, 0.1) is 12.6 Å². The second-order valence-corrected chi connectivity index (χ2v) is 8.35. The van der Waals surface area contributed by atoms with Gasteiger partial charge in [0.15, 0.2) is 0 Å². The van der Waals surface area contributed by atoms with Gasteiger partial charge < -0.3 is 14.8 Å². The van der Waals surface area contributed by atoms with Gasteiger partial charge in [-0.1, -0.05) is 47.5 Å². The van der Waals surface area contributed by atoms with Gasteiger partial charge in [0, 0.05) is 39.6 Å². The summed E-state index contributed by atoms with van der Waals surface area (Å²) in [6.45, 7) is 2.50. The van der Waals surface area contributed by atoms with Crippen molar-refractivity contribution in [2.24, 2.45) is 0 Å². The predicted octanol–water partition coefficient (Wildman–Crippen LogP) is 4.18. The number of H-pyrrole nitrogens is 1. The van der Waals surface area contributed by atoms with E-state index in [1.165, 1.54) is 0 Å². The van der Waals surface area contributed by atoms with Gasteiger partial charge in [0.2, 0.25) is 11.8 Å². The number of carbonyl (C=O) groups is 2. The number of rotatable bonds is 2. The number of aromatic nitrogens is 1. The molecule has 2 amide bonds. The van der Waals surface area contributed by atoms with Crippen molar-refractivity contribution in [3.05, 3.63) is 69.3 Å². The van der Waals surface area contributed by atoms with Crippen LogP contribution < -0.4 is 0 Å². The average molecular weight is 428 g/mol. The molecule has 2 aromatic carbocycles. The number of para-hydroxylation sites is 1. The highest BCUT2D eigenvalue weighted by Gasteiger charge is 2.48. The lowest BCUT2D eigenvalue weighted by Gasteiger charge is -2.47. The molecule has 3 heterocycles. The maximum Gasteiger partial charge on any atom is 0.246 e. The largest absolute Gasteiger partial charge is 0.356 e. The van der Waals surface area contributed by atoms with Crippen LogP contribution in [0.5, 0.6) is 0 Å². The van der Waals surface area contributed by atoms with E-state index in [9.17, 15) is 9.59 Å². The van der Waals surface area contributed by atoms with Gasteiger partial charge in [0.25, 0.3) is 0 Å². The highest BCUT2D eigenvalue weighted by atomic mass is 35.5. The molecule has 1 N–H and O–H groups in total. The Morgan fingerprint density at radius 2 is 1.93 bits per heavy atom. The molecule has 148 valence electrons. The lowest BCUT2D eigenvalue weighted by molar-refractivity contribution is -0.158. The van der Waals surface area contributed by atoms with Crippen molar-refractivity contribution in [3.8, 4) is 0 Å². The number of nitrogens with one attached hydrogen (secondary N) is 1. The number of hydrogen-bond donors (Lipinski definition) is 1. The summed E-state index contributed by atoms with van der Waals surface area (Å²) < 4.78 is 0. The van der Waals surface area contributed by atoms with Crippen molar-refractivity contribution in [3.63, 3.8) is 0 Å². The smallest absolute Gasteiger partial charge is 0.246 e. The van der Waals surface area contributed by atoms with Crippen LogP contribution in [0.4, 0.5) is 0 Å². The van der Waals surface area contributed by atoms with Gasteiger partial charge in [-0.05, 0) is 36.2 Å². The zero-order valence-electron chi connectivity index (χ0n) is 15.8. The minimum Gasteiger partial charge on any atom is -0.356 e. The van der Waals surface area contributed by atoms with E-state index in [0.29, 0.717) is 23.0 Å². The Hall–Kier alpha value is -2.50. The summed E-state index contributed by atoms with van der Waals surface area (Å²) in [5.74, 6) is -0.0881.